The minimum absolute atomic E-state index is 0.688. The van der Waals surface area contributed by atoms with Crippen molar-refractivity contribution in [2.75, 3.05) is 0 Å². The number of ether oxygens (including phenoxy) is 1. The van der Waals surface area contributed by atoms with E-state index in [1.165, 1.54) is 0 Å². The molecule has 3 heteroatoms. The number of carbonyl (C=O) groups is 1. The van der Waals surface area contributed by atoms with Crippen LogP contribution < -0.4 is 4.74 Å². The highest BCUT2D eigenvalue weighted by Crippen LogP contribution is 2.24. The molecular formula is C14H11BrO2. The van der Waals surface area contributed by atoms with Gasteiger partial charge in [0.05, 0.1) is 0 Å². The molecular weight excluding hydrogens is 280 g/mol. The summed E-state index contributed by atoms with van der Waals surface area (Å²) in [5.74, 6) is 1.50. The molecule has 2 rings (SSSR count). The molecule has 0 aliphatic rings. The van der Waals surface area contributed by atoms with E-state index in [1.807, 2.05) is 37.3 Å². The molecule has 0 N–H and O–H groups in total. The van der Waals surface area contributed by atoms with Gasteiger partial charge in [-0.3, -0.25) is 4.79 Å². The van der Waals surface area contributed by atoms with Crippen LogP contribution in [0.1, 0.15) is 15.9 Å². The highest BCUT2D eigenvalue weighted by Gasteiger charge is 2.01. The molecule has 0 saturated carbocycles. The summed E-state index contributed by atoms with van der Waals surface area (Å²) in [5.41, 5.74) is 1.60. The first-order valence-electron chi connectivity index (χ1n) is 5.18. The lowest BCUT2D eigenvalue weighted by atomic mass is 10.1. The molecule has 0 aromatic heterocycles. The Morgan fingerprint density at radius 2 is 1.71 bits per heavy atom. The van der Waals surface area contributed by atoms with Gasteiger partial charge in [0.25, 0.3) is 0 Å². The number of hydrogen-bond donors (Lipinski definition) is 0. The number of rotatable bonds is 3. The molecule has 0 fully saturated rings. The van der Waals surface area contributed by atoms with E-state index in [9.17, 15) is 4.79 Å². The lowest BCUT2D eigenvalue weighted by Crippen LogP contribution is -1.89. The Bertz CT molecular complexity index is 532. The smallest absolute Gasteiger partial charge is 0.150 e. The van der Waals surface area contributed by atoms with Crippen LogP contribution in [0.3, 0.4) is 0 Å². The molecule has 0 radical (unpaired) electrons. The van der Waals surface area contributed by atoms with Crippen LogP contribution >= 0.6 is 15.9 Å². The fraction of sp³-hybridized carbons (Fsp3) is 0.0714. The molecule has 0 bridgehead atoms. The fourth-order valence-electron chi connectivity index (χ4n) is 1.48. The van der Waals surface area contributed by atoms with Crippen LogP contribution in [-0.4, -0.2) is 6.29 Å². The van der Waals surface area contributed by atoms with E-state index in [-0.39, 0.29) is 0 Å². The van der Waals surface area contributed by atoms with E-state index in [4.69, 9.17) is 4.74 Å². The standard InChI is InChI=1S/C14H11BrO2/c1-10-8-14(5-2-11(10)9-16)17-13-6-3-12(15)4-7-13/h2-9H,1H3. The van der Waals surface area contributed by atoms with Gasteiger partial charge in [-0.2, -0.15) is 0 Å². The van der Waals surface area contributed by atoms with Gasteiger partial charge in [-0.15, -0.1) is 0 Å². The summed E-state index contributed by atoms with van der Waals surface area (Å²) in [7, 11) is 0. The number of aryl methyl sites for hydroxylation is 1. The summed E-state index contributed by atoms with van der Waals surface area (Å²) >= 11 is 3.37. The Morgan fingerprint density at radius 1 is 1.06 bits per heavy atom. The van der Waals surface area contributed by atoms with Crippen molar-refractivity contribution in [2.45, 2.75) is 6.92 Å². The van der Waals surface area contributed by atoms with Crippen LogP contribution in [-0.2, 0) is 0 Å². The van der Waals surface area contributed by atoms with Gasteiger partial charge >= 0.3 is 0 Å². The number of hydrogen-bond acceptors (Lipinski definition) is 2. The Morgan fingerprint density at radius 3 is 2.29 bits per heavy atom. The lowest BCUT2D eigenvalue weighted by Gasteiger charge is -2.07. The van der Waals surface area contributed by atoms with E-state index < -0.39 is 0 Å². The second-order valence-corrected chi connectivity index (χ2v) is 4.61. The number of carbonyl (C=O) groups excluding carboxylic acids is 1. The number of halogens is 1. The van der Waals surface area contributed by atoms with Gasteiger partial charge in [0, 0.05) is 10.0 Å². The summed E-state index contributed by atoms with van der Waals surface area (Å²) in [4.78, 5) is 10.7. The normalized spacial score (nSPS) is 10.0. The third kappa shape index (κ3) is 2.94. The van der Waals surface area contributed by atoms with E-state index in [1.54, 1.807) is 12.1 Å². The highest BCUT2D eigenvalue weighted by atomic mass is 79.9. The van der Waals surface area contributed by atoms with Crippen LogP contribution in [0.5, 0.6) is 11.5 Å². The number of aldehydes is 1. The van der Waals surface area contributed by atoms with Crippen molar-refractivity contribution in [2.24, 2.45) is 0 Å². The van der Waals surface area contributed by atoms with Gasteiger partial charge < -0.3 is 4.74 Å². The van der Waals surface area contributed by atoms with Gasteiger partial charge in [0.1, 0.15) is 17.8 Å². The monoisotopic (exact) mass is 290 g/mol. The molecule has 0 atom stereocenters. The Labute approximate surface area is 108 Å². The largest absolute Gasteiger partial charge is 0.457 e. The van der Waals surface area contributed by atoms with E-state index >= 15 is 0 Å². The summed E-state index contributed by atoms with van der Waals surface area (Å²) in [6.07, 6.45) is 0.846. The fourth-order valence-corrected chi connectivity index (χ4v) is 1.75. The van der Waals surface area contributed by atoms with Gasteiger partial charge in [-0.05, 0) is 55.0 Å². The highest BCUT2D eigenvalue weighted by molar-refractivity contribution is 9.10. The van der Waals surface area contributed by atoms with Gasteiger partial charge in [-0.25, -0.2) is 0 Å². The van der Waals surface area contributed by atoms with Crippen LogP contribution in [0, 0.1) is 6.92 Å². The first kappa shape index (κ1) is 11.9. The third-order valence-electron chi connectivity index (χ3n) is 2.42. The molecule has 0 amide bonds. The topological polar surface area (TPSA) is 26.3 Å². The van der Waals surface area contributed by atoms with E-state index in [2.05, 4.69) is 15.9 Å². The third-order valence-corrected chi connectivity index (χ3v) is 2.95. The minimum atomic E-state index is 0.688. The molecule has 2 aromatic rings. The van der Waals surface area contributed by atoms with Crippen molar-refractivity contribution in [3.05, 3.63) is 58.1 Å². The molecule has 2 nitrogen and oxygen atoms in total. The Kier molecular flexibility index (Phi) is 3.59. The summed E-state index contributed by atoms with van der Waals surface area (Å²) in [6, 6.07) is 13.0. The Hall–Kier alpha value is -1.61. The Balaban J connectivity index is 2.21. The first-order valence-corrected chi connectivity index (χ1v) is 5.97. The van der Waals surface area contributed by atoms with Crippen molar-refractivity contribution in [3.8, 4) is 11.5 Å². The van der Waals surface area contributed by atoms with Crippen molar-refractivity contribution in [1.82, 2.24) is 0 Å². The van der Waals surface area contributed by atoms with Gasteiger partial charge in [0.2, 0.25) is 0 Å². The van der Waals surface area contributed by atoms with Crippen molar-refractivity contribution in [3.63, 3.8) is 0 Å². The zero-order valence-corrected chi connectivity index (χ0v) is 10.9. The predicted molar refractivity (Wildman–Crippen MR) is 70.8 cm³/mol. The minimum Gasteiger partial charge on any atom is -0.457 e. The first-order chi connectivity index (χ1) is 8.19. The lowest BCUT2D eigenvalue weighted by molar-refractivity contribution is 0.112. The van der Waals surface area contributed by atoms with Crippen molar-refractivity contribution >= 4 is 22.2 Å². The molecule has 0 aliphatic carbocycles. The maximum atomic E-state index is 10.7. The zero-order valence-electron chi connectivity index (χ0n) is 9.31. The van der Waals surface area contributed by atoms with Gasteiger partial charge in [-0.1, -0.05) is 15.9 Å². The van der Waals surface area contributed by atoms with Crippen LogP contribution in [0.2, 0.25) is 0 Å². The SMILES string of the molecule is Cc1cc(Oc2ccc(Br)cc2)ccc1C=O. The summed E-state index contributed by atoms with van der Waals surface area (Å²) < 4.78 is 6.69. The molecule has 0 unspecified atom stereocenters. The second kappa shape index (κ2) is 5.15. The van der Waals surface area contributed by atoms with Crippen molar-refractivity contribution in [1.29, 1.82) is 0 Å². The molecule has 2 aromatic carbocycles. The molecule has 17 heavy (non-hydrogen) atoms. The number of benzene rings is 2. The average molecular weight is 291 g/mol. The molecule has 0 aliphatic heterocycles. The molecule has 86 valence electrons. The maximum absolute atomic E-state index is 10.7. The zero-order chi connectivity index (χ0) is 12.3. The second-order valence-electron chi connectivity index (χ2n) is 3.69. The summed E-state index contributed by atoms with van der Waals surface area (Å²) in [5, 5.41) is 0. The van der Waals surface area contributed by atoms with Crippen LogP contribution in [0.4, 0.5) is 0 Å². The van der Waals surface area contributed by atoms with Crippen LogP contribution in [0.25, 0.3) is 0 Å². The molecule has 0 heterocycles. The summed E-state index contributed by atoms with van der Waals surface area (Å²) in [6.45, 7) is 1.89. The molecule has 0 spiro atoms. The average Bonchev–Trinajstić information content (AvgIpc) is 2.32. The maximum Gasteiger partial charge on any atom is 0.150 e. The predicted octanol–water partition coefficient (Wildman–Crippen LogP) is 4.36. The molecule has 0 saturated heterocycles. The van der Waals surface area contributed by atoms with E-state index in [0.717, 1.165) is 27.8 Å². The van der Waals surface area contributed by atoms with Crippen molar-refractivity contribution < 1.29 is 9.53 Å². The van der Waals surface area contributed by atoms with Crippen LogP contribution in [0.15, 0.2) is 46.9 Å². The quantitative estimate of drug-likeness (QED) is 0.785. The van der Waals surface area contributed by atoms with E-state index in [0.29, 0.717) is 5.56 Å². The van der Waals surface area contributed by atoms with Gasteiger partial charge in [0.15, 0.2) is 0 Å².